The molecule has 4 nitrogen and oxygen atoms in total. The van der Waals surface area contributed by atoms with Crippen LogP contribution in [0.5, 0.6) is 0 Å². The molecule has 3 N–H and O–H groups in total. The zero-order valence-electron chi connectivity index (χ0n) is 10.5. The highest BCUT2D eigenvalue weighted by molar-refractivity contribution is 5.99. The minimum atomic E-state index is -0.127. The summed E-state index contributed by atoms with van der Waals surface area (Å²) in [5.41, 5.74) is 9.29. The summed E-state index contributed by atoms with van der Waals surface area (Å²) in [6.07, 6.45) is 4.84. The maximum atomic E-state index is 12.2. The average Bonchev–Trinajstić information content (AvgIpc) is 2.81. The van der Waals surface area contributed by atoms with E-state index < -0.39 is 0 Å². The highest BCUT2D eigenvalue weighted by Gasteiger charge is 2.23. The number of hydrogen-bond donors (Lipinski definition) is 2. The Bertz CT molecular complexity index is 599. The molecule has 96 valence electrons. The molecule has 0 atom stereocenters. The Hall–Kier alpha value is -2.36. The van der Waals surface area contributed by atoms with E-state index in [1.165, 1.54) is 17.3 Å². The van der Waals surface area contributed by atoms with Crippen molar-refractivity contribution in [3.63, 3.8) is 0 Å². The Morgan fingerprint density at radius 3 is 2.53 bits per heavy atom. The zero-order chi connectivity index (χ0) is 13.2. The molecular formula is C15H15N3O. The van der Waals surface area contributed by atoms with Crippen LogP contribution in [-0.4, -0.2) is 16.9 Å². The number of carbonyl (C=O) groups is 1. The number of pyridine rings is 1. The summed E-state index contributed by atoms with van der Waals surface area (Å²) in [6, 6.07) is 10.1. The molecule has 1 aliphatic carbocycles. The van der Waals surface area contributed by atoms with Gasteiger partial charge in [-0.2, -0.15) is 0 Å². The predicted molar refractivity (Wildman–Crippen MR) is 73.8 cm³/mol. The molecule has 0 unspecified atom stereocenters. The van der Waals surface area contributed by atoms with E-state index in [0.29, 0.717) is 11.3 Å². The summed E-state index contributed by atoms with van der Waals surface area (Å²) in [4.78, 5) is 16.0. The van der Waals surface area contributed by atoms with Crippen LogP contribution in [0.25, 0.3) is 0 Å². The predicted octanol–water partition coefficient (Wildman–Crippen LogP) is 1.56. The number of carbonyl (C=O) groups excluding carboxylic acids is 1. The largest absolute Gasteiger partial charge is 0.397 e. The Balaban J connectivity index is 1.71. The monoisotopic (exact) mass is 253 g/mol. The number of hydrogen-bond acceptors (Lipinski definition) is 3. The number of nitrogens with two attached hydrogens (primary N) is 1. The molecule has 1 aromatic heterocycles. The lowest BCUT2D eigenvalue weighted by Crippen LogP contribution is -2.35. The molecule has 1 aliphatic rings. The summed E-state index contributed by atoms with van der Waals surface area (Å²) in [7, 11) is 0. The SMILES string of the molecule is Nc1cnccc1C(=O)NC1Cc2ccccc2C1. The van der Waals surface area contributed by atoms with Gasteiger partial charge in [0.1, 0.15) is 0 Å². The van der Waals surface area contributed by atoms with Crippen molar-refractivity contribution < 1.29 is 4.79 Å². The second-order valence-corrected chi connectivity index (χ2v) is 4.81. The van der Waals surface area contributed by atoms with E-state index in [0.717, 1.165) is 12.8 Å². The van der Waals surface area contributed by atoms with E-state index in [1.807, 2.05) is 12.1 Å². The standard InChI is InChI=1S/C15H15N3O/c16-14-9-17-6-5-13(14)15(19)18-12-7-10-3-1-2-4-11(10)8-12/h1-6,9,12H,7-8,16H2,(H,18,19). The fourth-order valence-electron chi connectivity index (χ4n) is 2.54. The first kappa shape index (κ1) is 11.7. The number of fused-ring (bicyclic) bond motifs is 1. The number of nitrogens with one attached hydrogen (secondary N) is 1. The molecule has 3 rings (SSSR count). The van der Waals surface area contributed by atoms with Crippen LogP contribution in [0.2, 0.25) is 0 Å². The molecule has 1 aromatic carbocycles. The highest BCUT2D eigenvalue weighted by Crippen LogP contribution is 2.22. The van der Waals surface area contributed by atoms with Gasteiger partial charge in [0.05, 0.1) is 17.4 Å². The van der Waals surface area contributed by atoms with Crippen molar-refractivity contribution >= 4 is 11.6 Å². The lowest BCUT2D eigenvalue weighted by Gasteiger charge is -2.12. The van der Waals surface area contributed by atoms with Crippen molar-refractivity contribution in [3.8, 4) is 0 Å². The normalized spacial score (nSPS) is 14.1. The van der Waals surface area contributed by atoms with Gasteiger partial charge in [0, 0.05) is 12.2 Å². The third-order valence-electron chi connectivity index (χ3n) is 3.48. The first-order chi connectivity index (χ1) is 9.24. The van der Waals surface area contributed by atoms with Crippen molar-refractivity contribution in [3.05, 3.63) is 59.4 Å². The molecule has 0 saturated carbocycles. The van der Waals surface area contributed by atoms with Crippen LogP contribution in [0, 0.1) is 0 Å². The molecule has 0 radical (unpaired) electrons. The summed E-state index contributed by atoms with van der Waals surface area (Å²) in [6.45, 7) is 0. The van der Waals surface area contributed by atoms with Crippen LogP contribution in [0.1, 0.15) is 21.5 Å². The van der Waals surface area contributed by atoms with Gasteiger partial charge in [0.25, 0.3) is 5.91 Å². The average molecular weight is 253 g/mol. The van der Waals surface area contributed by atoms with Crippen LogP contribution >= 0.6 is 0 Å². The van der Waals surface area contributed by atoms with E-state index in [2.05, 4.69) is 22.4 Å². The fourth-order valence-corrected chi connectivity index (χ4v) is 2.54. The van der Waals surface area contributed by atoms with Gasteiger partial charge in [-0.05, 0) is 30.0 Å². The van der Waals surface area contributed by atoms with Gasteiger partial charge in [-0.3, -0.25) is 9.78 Å². The molecule has 2 aromatic rings. The molecule has 0 fully saturated rings. The summed E-state index contributed by atoms with van der Waals surface area (Å²) in [5.74, 6) is -0.127. The number of rotatable bonds is 2. The van der Waals surface area contributed by atoms with Crippen LogP contribution < -0.4 is 11.1 Å². The Labute approximate surface area is 111 Å². The van der Waals surface area contributed by atoms with Crippen LogP contribution in [-0.2, 0) is 12.8 Å². The molecule has 4 heteroatoms. The van der Waals surface area contributed by atoms with Crippen molar-refractivity contribution in [1.82, 2.24) is 10.3 Å². The van der Waals surface area contributed by atoms with Crippen molar-refractivity contribution in [2.45, 2.75) is 18.9 Å². The topological polar surface area (TPSA) is 68.0 Å². The van der Waals surface area contributed by atoms with Crippen molar-refractivity contribution in [2.24, 2.45) is 0 Å². The first-order valence-electron chi connectivity index (χ1n) is 6.31. The van der Waals surface area contributed by atoms with E-state index in [-0.39, 0.29) is 11.9 Å². The van der Waals surface area contributed by atoms with Gasteiger partial charge in [-0.15, -0.1) is 0 Å². The molecule has 0 spiro atoms. The van der Waals surface area contributed by atoms with E-state index in [4.69, 9.17) is 5.73 Å². The molecule has 19 heavy (non-hydrogen) atoms. The lowest BCUT2D eigenvalue weighted by atomic mass is 10.1. The number of aromatic nitrogens is 1. The first-order valence-corrected chi connectivity index (χ1v) is 6.31. The summed E-state index contributed by atoms with van der Waals surface area (Å²) >= 11 is 0. The maximum Gasteiger partial charge on any atom is 0.253 e. The number of nitrogens with zero attached hydrogens (tertiary/aromatic N) is 1. The minimum Gasteiger partial charge on any atom is -0.397 e. The van der Waals surface area contributed by atoms with Gasteiger partial charge >= 0.3 is 0 Å². The van der Waals surface area contributed by atoms with Gasteiger partial charge in [0.15, 0.2) is 0 Å². The third-order valence-corrected chi connectivity index (χ3v) is 3.48. The van der Waals surface area contributed by atoms with Crippen LogP contribution in [0.4, 0.5) is 5.69 Å². The molecule has 1 heterocycles. The van der Waals surface area contributed by atoms with E-state index in [9.17, 15) is 4.79 Å². The number of benzene rings is 1. The van der Waals surface area contributed by atoms with E-state index >= 15 is 0 Å². The third kappa shape index (κ3) is 2.29. The Morgan fingerprint density at radius 2 is 1.89 bits per heavy atom. The summed E-state index contributed by atoms with van der Waals surface area (Å²) in [5, 5.41) is 3.04. The van der Waals surface area contributed by atoms with Crippen molar-refractivity contribution in [1.29, 1.82) is 0 Å². The molecular weight excluding hydrogens is 238 g/mol. The molecule has 1 amide bonds. The second kappa shape index (κ2) is 4.72. The second-order valence-electron chi connectivity index (χ2n) is 4.81. The maximum absolute atomic E-state index is 12.2. The van der Waals surface area contributed by atoms with Gasteiger partial charge in [-0.25, -0.2) is 0 Å². The number of amides is 1. The quantitative estimate of drug-likeness (QED) is 0.853. The smallest absolute Gasteiger partial charge is 0.253 e. The lowest BCUT2D eigenvalue weighted by molar-refractivity contribution is 0.0939. The Kier molecular flexibility index (Phi) is 2.91. The zero-order valence-corrected chi connectivity index (χ0v) is 10.5. The summed E-state index contributed by atoms with van der Waals surface area (Å²) < 4.78 is 0. The fraction of sp³-hybridized carbons (Fsp3) is 0.200. The molecule has 0 bridgehead atoms. The van der Waals surface area contributed by atoms with Gasteiger partial charge < -0.3 is 11.1 Å². The number of nitrogen functional groups attached to an aromatic ring is 1. The number of anilines is 1. The van der Waals surface area contributed by atoms with Gasteiger partial charge in [-0.1, -0.05) is 24.3 Å². The van der Waals surface area contributed by atoms with Gasteiger partial charge in [0.2, 0.25) is 0 Å². The molecule has 0 aliphatic heterocycles. The minimum absolute atomic E-state index is 0.127. The highest BCUT2D eigenvalue weighted by atomic mass is 16.1. The van der Waals surface area contributed by atoms with Crippen molar-refractivity contribution in [2.75, 3.05) is 5.73 Å². The Morgan fingerprint density at radius 1 is 1.21 bits per heavy atom. The van der Waals surface area contributed by atoms with Crippen LogP contribution in [0.3, 0.4) is 0 Å². The molecule has 0 saturated heterocycles. The van der Waals surface area contributed by atoms with E-state index in [1.54, 1.807) is 12.3 Å². The van der Waals surface area contributed by atoms with Crippen LogP contribution in [0.15, 0.2) is 42.7 Å².